The van der Waals surface area contributed by atoms with Gasteiger partial charge in [0.2, 0.25) is 0 Å². The Morgan fingerprint density at radius 3 is 2.59 bits per heavy atom. The molecule has 0 spiro atoms. The standard InChI is InChI=1S/C24H24O8/c1-12-8-18(27)16(10-15(12)24-23(30)22(29)21(28)20(11-25)32-24)17(26)4-2-13-3-5-19-14(9-13)6-7-31-19/h2-10,20-25,27-30H,11H2,1H3/b4-2+. The lowest BCUT2D eigenvalue weighted by Crippen LogP contribution is -2.55. The maximum atomic E-state index is 12.8. The van der Waals surface area contributed by atoms with Gasteiger partial charge in [-0.05, 0) is 60.0 Å². The van der Waals surface area contributed by atoms with Crippen LogP contribution in [0.2, 0.25) is 0 Å². The predicted octanol–water partition coefficient (Wildman–Crippen LogP) is 1.86. The quantitative estimate of drug-likeness (QED) is 0.299. The molecule has 0 amide bonds. The molecule has 8 nitrogen and oxygen atoms in total. The third-order valence-electron chi connectivity index (χ3n) is 5.75. The Bertz CT molecular complexity index is 1160. The third kappa shape index (κ3) is 4.06. The third-order valence-corrected chi connectivity index (χ3v) is 5.75. The molecule has 1 aromatic heterocycles. The van der Waals surface area contributed by atoms with Crippen LogP contribution >= 0.6 is 0 Å². The molecule has 1 saturated heterocycles. The summed E-state index contributed by atoms with van der Waals surface area (Å²) in [5, 5.41) is 51.2. The van der Waals surface area contributed by atoms with Gasteiger partial charge in [0.25, 0.3) is 0 Å². The van der Waals surface area contributed by atoms with Crippen molar-refractivity contribution >= 4 is 22.8 Å². The minimum absolute atomic E-state index is 0.0109. The SMILES string of the molecule is Cc1cc(O)c(C(=O)/C=C/c2ccc3occc3c2)cc1C1OC(CO)C(O)C(O)C1O. The van der Waals surface area contributed by atoms with E-state index in [-0.39, 0.29) is 11.3 Å². The van der Waals surface area contributed by atoms with Crippen LogP contribution in [0.1, 0.15) is 33.2 Å². The zero-order chi connectivity index (χ0) is 23.0. The summed E-state index contributed by atoms with van der Waals surface area (Å²) in [5.74, 6) is -0.712. The molecule has 5 atom stereocenters. The molecule has 0 bridgehead atoms. The monoisotopic (exact) mass is 440 g/mol. The Kier molecular flexibility index (Phi) is 6.14. The van der Waals surface area contributed by atoms with Gasteiger partial charge in [-0.2, -0.15) is 0 Å². The van der Waals surface area contributed by atoms with Crippen LogP contribution in [-0.2, 0) is 4.74 Å². The summed E-state index contributed by atoms with van der Waals surface area (Å²) in [7, 11) is 0. The minimum Gasteiger partial charge on any atom is -0.507 e. The van der Waals surface area contributed by atoms with E-state index in [0.717, 1.165) is 16.5 Å². The molecule has 5 N–H and O–H groups in total. The van der Waals surface area contributed by atoms with E-state index < -0.39 is 42.9 Å². The largest absolute Gasteiger partial charge is 0.507 e. The van der Waals surface area contributed by atoms with Crippen LogP contribution in [0.4, 0.5) is 0 Å². The van der Waals surface area contributed by atoms with Crippen LogP contribution in [0.25, 0.3) is 17.0 Å². The number of ether oxygens (including phenoxy) is 1. The first-order chi connectivity index (χ1) is 15.3. The smallest absolute Gasteiger partial charge is 0.189 e. The zero-order valence-electron chi connectivity index (χ0n) is 17.3. The Hall–Kier alpha value is -3.01. The summed E-state index contributed by atoms with van der Waals surface area (Å²) in [6, 6.07) is 10.0. The van der Waals surface area contributed by atoms with E-state index in [4.69, 9.17) is 9.15 Å². The number of carbonyl (C=O) groups excluding carboxylic acids is 1. The second-order valence-corrected chi connectivity index (χ2v) is 7.89. The molecule has 8 heteroatoms. The number of aliphatic hydroxyl groups is 4. The van der Waals surface area contributed by atoms with Gasteiger partial charge in [0.05, 0.1) is 18.4 Å². The first kappa shape index (κ1) is 22.2. The minimum atomic E-state index is -1.55. The topological polar surface area (TPSA) is 141 Å². The Morgan fingerprint density at radius 1 is 1.06 bits per heavy atom. The number of phenols is 1. The molecule has 2 aromatic carbocycles. The molecule has 168 valence electrons. The summed E-state index contributed by atoms with van der Waals surface area (Å²) in [6.45, 7) is 1.09. The predicted molar refractivity (Wildman–Crippen MR) is 115 cm³/mol. The summed E-state index contributed by atoms with van der Waals surface area (Å²) in [4.78, 5) is 12.8. The van der Waals surface area contributed by atoms with Crippen molar-refractivity contribution in [3.8, 4) is 5.75 Å². The molecular formula is C24H24O8. The second kappa shape index (κ2) is 8.85. The fraction of sp³-hybridized carbons (Fsp3) is 0.292. The average molecular weight is 440 g/mol. The van der Waals surface area contributed by atoms with Crippen LogP contribution in [0, 0.1) is 6.92 Å². The number of fused-ring (bicyclic) bond motifs is 1. The number of benzene rings is 2. The number of rotatable bonds is 5. The molecule has 32 heavy (non-hydrogen) atoms. The Labute approximate surface area is 183 Å². The molecule has 1 aliphatic heterocycles. The normalized spacial score (nSPS) is 26.1. The highest BCUT2D eigenvalue weighted by atomic mass is 16.5. The molecule has 3 aromatic rings. The van der Waals surface area contributed by atoms with Crippen LogP contribution in [0.15, 0.2) is 53.2 Å². The van der Waals surface area contributed by atoms with Gasteiger partial charge in [0.1, 0.15) is 41.9 Å². The highest BCUT2D eigenvalue weighted by Gasteiger charge is 2.44. The van der Waals surface area contributed by atoms with E-state index in [2.05, 4.69) is 0 Å². The summed E-state index contributed by atoms with van der Waals surface area (Å²) < 4.78 is 10.9. The first-order valence-electron chi connectivity index (χ1n) is 10.1. The number of aromatic hydroxyl groups is 1. The molecule has 1 fully saturated rings. The molecule has 0 saturated carbocycles. The Balaban J connectivity index is 1.63. The lowest BCUT2D eigenvalue weighted by Gasteiger charge is -2.40. The van der Waals surface area contributed by atoms with Gasteiger partial charge >= 0.3 is 0 Å². The number of allylic oxidation sites excluding steroid dienone is 1. The molecule has 2 heterocycles. The maximum Gasteiger partial charge on any atom is 0.189 e. The fourth-order valence-electron chi connectivity index (χ4n) is 3.92. The number of phenolic OH excluding ortho intramolecular Hbond substituents is 1. The van der Waals surface area contributed by atoms with Crippen LogP contribution in [-0.4, -0.2) is 62.3 Å². The molecule has 5 unspecified atom stereocenters. The number of furan rings is 1. The maximum absolute atomic E-state index is 12.8. The van der Waals surface area contributed by atoms with Crippen molar-refractivity contribution < 1.29 is 39.5 Å². The van der Waals surface area contributed by atoms with Gasteiger partial charge in [-0.1, -0.05) is 12.1 Å². The molecule has 0 radical (unpaired) electrons. The van der Waals surface area contributed by atoms with Gasteiger partial charge in [0, 0.05) is 5.39 Å². The van der Waals surface area contributed by atoms with Crippen molar-refractivity contribution in [2.45, 2.75) is 37.4 Å². The number of hydrogen-bond acceptors (Lipinski definition) is 8. The van der Waals surface area contributed by atoms with E-state index >= 15 is 0 Å². The van der Waals surface area contributed by atoms with Crippen LogP contribution in [0.3, 0.4) is 0 Å². The summed E-state index contributed by atoms with van der Waals surface area (Å²) in [5.41, 5.74) is 2.36. The van der Waals surface area contributed by atoms with Gasteiger partial charge < -0.3 is 34.7 Å². The van der Waals surface area contributed by atoms with Crippen LogP contribution < -0.4 is 0 Å². The van der Waals surface area contributed by atoms with Gasteiger partial charge in [-0.15, -0.1) is 0 Å². The van der Waals surface area contributed by atoms with E-state index in [0.29, 0.717) is 11.1 Å². The molecule has 0 aliphatic carbocycles. The van der Waals surface area contributed by atoms with Gasteiger partial charge in [-0.3, -0.25) is 4.79 Å². The van der Waals surface area contributed by atoms with Crippen molar-refractivity contribution in [1.82, 2.24) is 0 Å². The average Bonchev–Trinajstić information content (AvgIpc) is 3.25. The number of ketones is 1. The van der Waals surface area contributed by atoms with Gasteiger partial charge in [-0.25, -0.2) is 0 Å². The van der Waals surface area contributed by atoms with E-state index in [1.807, 2.05) is 12.1 Å². The van der Waals surface area contributed by atoms with E-state index in [1.165, 1.54) is 18.2 Å². The fourth-order valence-corrected chi connectivity index (χ4v) is 3.92. The van der Waals surface area contributed by atoms with Gasteiger partial charge in [0.15, 0.2) is 5.78 Å². The number of aryl methyl sites for hydroxylation is 1. The molecule has 4 rings (SSSR count). The lowest BCUT2D eigenvalue weighted by atomic mass is 9.88. The number of aliphatic hydroxyl groups excluding tert-OH is 4. The Morgan fingerprint density at radius 2 is 1.84 bits per heavy atom. The van der Waals surface area contributed by atoms with E-state index in [9.17, 15) is 30.3 Å². The van der Waals surface area contributed by atoms with Crippen LogP contribution in [0.5, 0.6) is 5.75 Å². The number of hydrogen-bond donors (Lipinski definition) is 5. The highest BCUT2D eigenvalue weighted by Crippen LogP contribution is 2.36. The second-order valence-electron chi connectivity index (χ2n) is 7.89. The van der Waals surface area contributed by atoms with Crippen molar-refractivity contribution in [2.24, 2.45) is 0 Å². The van der Waals surface area contributed by atoms with Crippen molar-refractivity contribution in [3.63, 3.8) is 0 Å². The summed E-state index contributed by atoms with van der Waals surface area (Å²) in [6.07, 6.45) is -2.19. The van der Waals surface area contributed by atoms with Crippen molar-refractivity contribution in [2.75, 3.05) is 6.61 Å². The molecule has 1 aliphatic rings. The number of carbonyl (C=O) groups is 1. The lowest BCUT2D eigenvalue weighted by molar-refractivity contribution is -0.231. The highest BCUT2D eigenvalue weighted by molar-refractivity contribution is 6.08. The molecular weight excluding hydrogens is 416 g/mol. The summed E-state index contributed by atoms with van der Waals surface area (Å²) >= 11 is 0. The zero-order valence-corrected chi connectivity index (χ0v) is 17.3. The van der Waals surface area contributed by atoms with E-state index in [1.54, 1.807) is 31.4 Å². The van der Waals surface area contributed by atoms with Crippen molar-refractivity contribution in [3.05, 3.63) is 71.0 Å². The van der Waals surface area contributed by atoms with Crippen molar-refractivity contribution in [1.29, 1.82) is 0 Å². The first-order valence-corrected chi connectivity index (χ1v) is 10.1.